The maximum absolute atomic E-state index is 13.5. The zero-order valence-corrected chi connectivity index (χ0v) is 21.7. The molecular formula is C27H37ClFN3O4. The molecule has 198 valence electrons. The highest BCUT2D eigenvalue weighted by atomic mass is 35.5. The number of nitrogens with one attached hydrogen (secondary N) is 3. The molecule has 4 aliphatic carbocycles. The van der Waals surface area contributed by atoms with Gasteiger partial charge in [0.1, 0.15) is 17.8 Å². The smallest absolute Gasteiger partial charge is 0.258 e. The van der Waals surface area contributed by atoms with Gasteiger partial charge < -0.3 is 20.1 Å². The number of piperidine rings is 1. The highest BCUT2D eigenvalue weighted by Gasteiger charge is 2.69. The number of benzene rings is 1. The first-order valence-corrected chi connectivity index (χ1v) is 13.7. The van der Waals surface area contributed by atoms with Gasteiger partial charge in [-0.1, -0.05) is 37.3 Å². The largest absolute Gasteiger partial charge is 0.484 e. The van der Waals surface area contributed by atoms with Crippen molar-refractivity contribution in [2.75, 3.05) is 13.7 Å². The Bertz CT molecular complexity index is 964. The zero-order chi connectivity index (χ0) is 25.3. The Labute approximate surface area is 217 Å². The van der Waals surface area contributed by atoms with Crippen molar-refractivity contribution in [1.29, 1.82) is 0 Å². The second-order valence-electron chi connectivity index (χ2n) is 11.4. The third-order valence-electron chi connectivity index (χ3n) is 8.68. The molecule has 1 aliphatic heterocycles. The van der Waals surface area contributed by atoms with Gasteiger partial charge in [-0.25, -0.2) is 4.39 Å². The molecule has 1 saturated heterocycles. The van der Waals surface area contributed by atoms with Gasteiger partial charge >= 0.3 is 0 Å². The van der Waals surface area contributed by atoms with Gasteiger partial charge in [-0.2, -0.15) is 0 Å². The SMILES string of the molecule is COC1NC(C2CCCCCC2)CCC1C(=O)NC12CC(NC(=O)COc3ccc(Cl)c(F)c3)(C1)C2. The van der Waals surface area contributed by atoms with Crippen molar-refractivity contribution in [3.8, 4) is 5.75 Å². The van der Waals surface area contributed by atoms with Crippen molar-refractivity contribution in [1.82, 2.24) is 16.0 Å². The fourth-order valence-electron chi connectivity index (χ4n) is 6.96. The van der Waals surface area contributed by atoms with Crippen molar-refractivity contribution in [2.45, 2.75) is 94.0 Å². The van der Waals surface area contributed by atoms with Gasteiger partial charge in [0, 0.05) is 30.3 Å². The van der Waals surface area contributed by atoms with E-state index in [1.54, 1.807) is 7.11 Å². The number of ether oxygens (including phenoxy) is 2. The monoisotopic (exact) mass is 521 g/mol. The molecule has 0 aromatic heterocycles. The minimum atomic E-state index is -0.587. The quantitative estimate of drug-likeness (QED) is 0.449. The molecule has 3 atom stereocenters. The Kier molecular flexibility index (Phi) is 7.48. The number of hydrogen-bond acceptors (Lipinski definition) is 5. The number of rotatable bonds is 8. The topological polar surface area (TPSA) is 88.7 Å². The third-order valence-corrected chi connectivity index (χ3v) is 8.98. The summed E-state index contributed by atoms with van der Waals surface area (Å²) in [5.41, 5.74) is -0.518. The number of amides is 2. The van der Waals surface area contributed by atoms with Crippen LogP contribution in [0.3, 0.4) is 0 Å². The molecule has 4 saturated carbocycles. The molecule has 6 rings (SSSR count). The van der Waals surface area contributed by atoms with Crippen LogP contribution >= 0.6 is 11.6 Å². The summed E-state index contributed by atoms with van der Waals surface area (Å²) < 4.78 is 24.7. The van der Waals surface area contributed by atoms with Crippen LogP contribution in [0, 0.1) is 17.7 Å². The lowest BCUT2D eigenvalue weighted by Gasteiger charge is -2.70. The van der Waals surface area contributed by atoms with Crippen LogP contribution in [0.15, 0.2) is 18.2 Å². The molecule has 0 radical (unpaired) electrons. The van der Waals surface area contributed by atoms with E-state index in [4.69, 9.17) is 21.1 Å². The molecule has 1 heterocycles. The fourth-order valence-corrected chi connectivity index (χ4v) is 7.08. The number of hydrogen-bond donors (Lipinski definition) is 3. The van der Waals surface area contributed by atoms with E-state index in [0.29, 0.717) is 12.0 Å². The lowest BCUT2D eigenvalue weighted by atomic mass is 9.44. The average molecular weight is 522 g/mol. The van der Waals surface area contributed by atoms with Crippen molar-refractivity contribution in [3.63, 3.8) is 0 Å². The Morgan fingerprint density at radius 1 is 1.06 bits per heavy atom. The summed E-state index contributed by atoms with van der Waals surface area (Å²) in [7, 11) is 1.68. The van der Waals surface area contributed by atoms with Crippen LogP contribution in [-0.2, 0) is 14.3 Å². The van der Waals surface area contributed by atoms with Gasteiger partial charge in [0.2, 0.25) is 5.91 Å². The van der Waals surface area contributed by atoms with Crippen LogP contribution in [0.25, 0.3) is 0 Å². The highest BCUT2D eigenvalue weighted by Crippen LogP contribution is 2.60. The lowest BCUT2D eigenvalue weighted by Crippen LogP contribution is -2.84. The number of carbonyl (C=O) groups excluding carboxylic acids is 2. The van der Waals surface area contributed by atoms with Gasteiger partial charge in [-0.05, 0) is 63.0 Å². The molecule has 36 heavy (non-hydrogen) atoms. The molecule has 7 nitrogen and oxygen atoms in total. The summed E-state index contributed by atoms with van der Waals surface area (Å²) in [6.07, 6.45) is 11.5. The Morgan fingerprint density at radius 3 is 2.42 bits per heavy atom. The molecule has 3 unspecified atom stereocenters. The molecule has 2 amide bonds. The van der Waals surface area contributed by atoms with E-state index in [9.17, 15) is 14.0 Å². The predicted molar refractivity (Wildman–Crippen MR) is 134 cm³/mol. The van der Waals surface area contributed by atoms with Crippen molar-refractivity contribution >= 4 is 23.4 Å². The van der Waals surface area contributed by atoms with Crippen molar-refractivity contribution in [2.24, 2.45) is 11.8 Å². The summed E-state index contributed by atoms with van der Waals surface area (Å²) in [5.74, 6) is -0.0754. The fraction of sp³-hybridized carbons (Fsp3) is 0.704. The standard InChI is InChI=1S/C27H37ClFN3O4/c1-35-25-19(9-11-22(30-25)17-6-4-2-3-5-7-17)24(34)32-27-14-26(15-27,16-27)31-23(33)13-36-18-8-10-20(28)21(29)12-18/h8,10,12,17,19,22,25,30H,2-7,9,11,13-16H2,1H3,(H,31,33)(H,32,34). The summed E-state index contributed by atoms with van der Waals surface area (Å²) in [5, 5.41) is 9.95. The van der Waals surface area contributed by atoms with Gasteiger partial charge in [0.25, 0.3) is 5.91 Å². The second kappa shape index (κ2) is 10.5. The van der Waals surface area contributed by atoms with E-state index in [0.717, 1.165) is 38.2 Å². The van der Waals surface area contributed by atoms with E-state index in [-0.39, 0.29) is 52.4 Å². The molecule has 1 aromatic rings. The van der Waals surface area contributed by atoms with Crippen LogP contribution in [0.4, 0.5) is 4.39 Å². The average Bonchev–Trinajstić information content (AvgIpc) is 3.12. The lowest BCUT2D eigenvalue weighted by molar-refractivity contribution is -0.156. The van der Waals surface area contributed by atoms with Crippen LogP contribution < -0.4 is 20.7 Å². The third kappa shape index (κ3) is 5.36. The molecular weight excluding hydrogens is 485 g/mol. The van der Waals surface area contributed by atoms with E-state index >= 15 is 0 Å². The first-order chi connectivity index (χ1) is 17.3. The summed E-state index contributed by atoms with van der Waals surface area (Å²) in [6, 6.07) is 4.51. The molecule has 1 aromatic carbocycles. The highest BCUT2D eigenvalue weighted by molar-refractivity contribution is 6.30. The van der Waals surface area contributed by atoms with Crippen LogP contribution in [0.2, 0.25) is 5.02 Å². The number of carbonyl (C=O) groups is 2. The van der Waals surface area contributed by atoms with E-state index in [1.165, 1.54) is 50.7 Å². The zero-order valence-electron chi connectivity index (χ0n) is 20.9. The number of halogens is 2. The van der Waals surface area contributed by atoms with Gasteiger partial charge in [0.05, 0.1) is 10.9 Å². The predicted octanol–water partition coefficient (Wildman–Crippen LogP) is 4.08. The minimum absolute atomic E-state index is 0.00767. The minimum Gasteiger partial charge on any atom is -0.484 e. The first kappa shape index (κ1) is 25.7. The molecule has 0 spiro atoms. The van der Waals surface area contributed by atoms with Crippen molar-refractivity contribution in [3.05, 3.63) is 29.0 Å². The van der Waals surface area contributed by atoms with E-state index in [2.05, 4.69) is 16.0 Å². The van der Waals surface area contributed by atoms with Gasteiger partial charge in [0.15, 0.2) is 6.61 Å². The Hall–Kier alpha value is -1.90. The van der Waals surface area contributed by atoms with Crippen LogP contribution in [0.1, 0.15) is 70.6 Å². The normalized spacial score (nSPS) is 34.0. The maximum Gasteiger partial charge on any atom is 0.258 e. The summed E-state index contributed by atoms with van der Waals surface area (Å²) in [6.45, 7) is -0.201. The van der Waals surface area contributed by atoms with Gasteiger partial charge in [-0.3, -0.25) is 14.9 Å². The first-order valence-electron chi connectivity index (χ1n) is 13.3. The second-order valence-corrected chi connectivity index (χ2v) is 11.8. The Balaban J connectivity index is 1.06. The number of methoxy groups -OCH3 is 1. The van der Waals surface area contributed by atoms with Gasteiger partial charge in [-0.15, -0.1) is 0 Å². The summed E-state index contributed by atoms with van der Waals surface area (Å²) >= 11 is 5.67. The molecule has 9 heteroatoms. The molecule has 2 bridgehead atoms. The maximum atomic E-state index is 13.5. The van der Waals surface area contributed by atoms with E-state index < -0.39 is 5.82 Å². The van der Waals surface area contributed by atoms with Crippen LogP contribution in [0.5, 0.6) is 5.75 Å². The van der Waals surface area contributed by atoms with Crippen LogP contribution in [-0.4, -0.2) is 48.9 Å². The van der Waals surface area contributed by atoms with Crippen molar-refractivity contribution < 1.29 is 23.5 Å². The molecule has 5 aliphatic rings. The summed E-state index contributed by atoms with van der Waals surface area (Å²) in [4.78, 5) is 25.6. The molecule has 5 fully saturated rings. The molecule has 3 N–H and O–H groups in total. The Morgan fingerprint density at radius 2 is 1.75 bits per heavy atom. The van der Waals surface area contributed by atoms with E-state index in [1.807, 2.05) is 0 Å².